The van der Waals surface area contributed by atoms with Crippen molar-refractivity contribution in [2.24, 2.45) is 0 Å². The molecule has 65 heavy (non-hydrogen) atoms. The normalized spacial score (nSPS) is 13.2. The number of rotatable bonds is 8. The molecular weight excluding hydrogens is 785 g/mol. The molecule has 2 heteroatoms. The quantitative estimate of drug-likeness (QED) is 0.151. The Morgan fingerprint density at radius 2 is 0.646 bits per heavy atom. The minimum atomic E-state index is -0.638. The molecule has 0 bridgehead atoms. The van der Waals surface area contributed by atoms with Crippen LogP contribution in [0.3, 0.4) is 0 Å². The number of fused-ring (bicyclic) bond motifs is 9. The average Bonchev–Trinajstić information content (AvgIpc) is 4.04. The van der Waals surface area contributed by atoms with E-state index in [9.17, 15) is 0 Å². The maximum absolute atomic E-state index is 2.50. The first-order valence-corrected chi connectivity index (χ1v) is 22.8. The Labute approximate surface area is 381 Å². The van der Waals surface area contributed by atoms with Crippen LogP contribution >= 0.6 is 0 Å². The summed E-state index contributed by atoms with van der Waals surface area (Å²) in [7, 11) is 0. The van der Waals surface area contributed by atoms with Gasteiger partial charge in [0.1, 0.15) is 0 Å². The van der Waals surface area contributed by atoms with E-state index >= 15 is 0 Å². The first kappa shape index (κ1) is 37.4. The van der Waals surface area contributed by atoms with Crippen molar-refractivity contribution in [3.63, 3.8) is 0 Å². The van der Waals surface area contributed by atoms with Gasteiger partial charge in [0.2, 0.25) is 0 Å². The highest BCUT2D eigenvalue weighted by atomic mass is 15.2. The molecule has 10 aromatic rings. The Kier molecular flexibility index (Phi) is 8.60. The molecule has 10 aromatic carbocycles. The van der Waals surface area contributed by atoms with Crippen LogP contribution in [0.5, 0.6) is 0 Å². The van der Waals surface area contributed by atoms with E-state index in [1.807, 2.05) is 0 Å². The molecule has 0 radical (unpaired) electrons. The molecule has 0 fully saturated rings. The smallest absolute Gasteiger partial charge is 0.0715 e. The monoisotopic (exact) mass is 828 g/mol. The van der Waals surface area contributed by atoms with Gasteiger partial charge >= 0.3 is 0 Å². The van der Waals surface area contributed by atoms with Crippen LogP contribution < -0.4 is 9.80 Å². The number of hydrogen-bond donors (Lipinski definition) is 0. The van der Waals surface area contributed by atoms with Crippen LogP contribution in [0.25, 0.3) is 33.4 Å². The third-order valence-corrected chi connectivity index (χ3v) is 14.1. The van der Waals surface area contributed by atoms with E-state index in [-0.39, 0.29) is 0 Å². The summed E-state index contributed by atoms with van der Waals surface area (Å²) in [6.07, 6.45) is 1.88. The molecule has 0 amide bonds. The Bertz CT molecular complexity index is 3200. The lowest BCUT2D eigenvalue weighted by atomic mass is 9.67. The second kappa shape index (κ2) is 15.0. The molecule has 0 aliphatic heterocycles. The SMILES string of the molecule is c1ccc(N(c2ccc3c(c2)C(c2ccccc2)(c2ccccc2)c2cc(N(c4ccccc4)c4cccc5c4-c4ccccc4C5)ccc2-3)c2cccc3c2-c2ccccc2C3)cc1. The zero-order chi connectivity index (χ0) is 42.9. The molecule has 13 rings (SSSR count). The predicted molar refractivity (Wildman–Crippen MR) is 270 cm³/mol. The molecule has 0 atom stereocenters. The van der Waals surface area contributed by atoms with Crippen molar-refractivity contribution in [1.82, 2.24) is 0 Å². The van der Waals surface area contributed by atoms with E-state index in [0.717, 1.165) is 35.6 Å². The zero-order valence-corrected chi connectivity index (χ0v) is 35.9. The van der Waals surface area contributed by atoms with Crippen molar-refractivity contribution in [1.29, 1.82) is 0 Å². The molecule has 0 N–H and O–H groups in total. The fourth-order valence-corrected chi connectivity index (χ4v) is 11.5. The lowest BCUT2D eigenvalue weighted by molar-refractivity contribution is 0.768. The van der Waals surface area contributed by atoms with Crippen LogP contribution in [0.15, 0.2) is 243 Å². The highest BCUT2D eigenvalue weighted by Gasteiger charge is 2.47. The van der Waals surface area contributed by atoms with Crippen molar-refractivity contribution >= 4 is 34.1 Å². The van der Waals surface area contributed by atoms with Crippen LogP contribution in [0.4, 0.5) is 34.1 Å². The molecule has 3 aliphatic rings. The average molecular weight is 829 g/mol. The highest BCUT2D eigenvalue weighted by molar-refractivity contribution is 5.97. The molecular formula is C63H44N2. The third kappa shape index (κ3) is 5.74. The second-order valence-corrected chi connectivity index (χ2v) is 17.6. The molecule has 0 unspecified atom stereocenters. The first-order valence-electron chi connectivity index (χ1n) is 22.8. The molecule has 0 heterocycles. The van der Waals surface area contributed by atoms with Gasteiger partial charge in [-0.05, 0) is 140 Å². The fourth-order valence-electron chi connectivity index (χ4n) is 11.5. The Morgan fingerprint density at radius 1 is 0.277 bits per heavy atom. The Hall–Kier alpha value is -8.20. The van der Waals surface area contributed by atoms with Gasteiger partial charge in [0, 0.05) is 33.9 Å². The maximum Gasteiger partial charge on any atom is 0.0715 e. The van der Waals surface area contributed by atoms with Gasteiger partial charge < -0.3 is 9.80 Å². The van der Waals surface area contributed by atoms with E-state index in [0.29, 0.717) is 0 Å². The number of nitrogens with zero attached hydrogens (tertiary/aromatic N) is 2. The fraction of sp³-hybridized carbons (Fsp3) is 0.0476. The summed E-state index contributed by atoms with van der Waals surface area (Å²) in [6.45, 7) is 0. The van der Waals surface area contributed by atoms with Crippen molar-refractivity contribution in [3.8, 4) is 33.4 Å². The van der Waals surface area contributed by atoms with Crippen molar-refractivity contribution in [2.45, 2.75) is 18.3 Å². The van der Waals surface area contributed by atoms with Gasteiger partial charge in [-0.1, -0.05) is 182 Å². The summed E-state index contributed by atoms with van der Waals surface area (Å²) in [5.74, 6) is 0. The molecule has 0 saturated heterocycles. The summed E-state index contributed by atoms with van der Waals surface area (Å²) in [5.41, 5.74) is 24.5. The van der Waals surface area contributed by atoms with Crippen molar-refractivity contribution in [3.05, 3.63) is 287 Å². The summed E-state index contributed by atoms with van der Waals surface area (Å²) in [6, 6.07) is 90.2. The summed E-state index contributed by atoms with van der Waals surface area (Å²) >= 11 is 0. The van der Waals surface area contributed by atoms with E-state index in [4.69, 9.17) is 0 Å². The number of anilines is 6. The molecule has 0 spiro atoms. The predicted octanol–water partition coefficient (Wildman–Crippen LogP) is 16.1. The lowest BCUT2D eigenvalue weighted by Gasteiger charge is -2.36. The Morgan fingerprint density at radius 3 is 1.08 bits per heavy atom. The molecule has 306 valence electrons. The first-order chi connectivity index (χ1) is 32.3. The van der Waals surface area contributed by atoms with E-state index < -0.39 is 5.41 Å². The topological polar surface area (TPSA) is 6.48 Å². The van der Waals surface area contributed by atoms with Crippen LogP contribution in [0.1, 0.15) is 44.5 Å². The Balaban J connectivity index is 1.07. The van der Waals surface area contributed by atoms with Crippen molar-refractivity contribution in [2.75, 3.05) is 9.80 Å². The lowest BCUT2D eigenvalue weighted by Crippen LogP contribution is -2.29. The summed E-state index contributed by atoms with van der Waals surface area (Å²) < 4.78 is 0. The second-order valence-electron chi connectivity index (χ2n) is 17.6. The largest absolute Gasteiger partial charge is 0.310 e. The molecule has 3 aliphatic carbocycles. The van der Waals surface area contributed by atoms with Gasteiger partial charge in [-0.15, -0.1) is 0 Å². The maximum atomic E-state index is 2.50. The van der Waals surface area contributed by atoms with Gasteiger partial charge in [0.15, 0.2) is 0 Å². The van der Waals surface area contributed by atoms with Gasteiger partial charge in [0.25, 0.3) is 0 Å². The van der Waals surface area contributed by atoms with Gasteiger partial charge in [-0.25, -0.2) is 0 Å². The molecule has 2 nitrogen and oxygen atoms in total. The molecule has 0 saturated carbocycles. The van der Waals surface area contributed by atoms with Crippen molar-refractivity contribution < 1.29 is 0 Å². The highest BCUT2D eigenvalue weighted by Crippen LogP contribution is 2.59. The number of benzene rings is 10. The summed E-state index contributed by atoms with van der Waals surface area (Å²) in [5, 5.41) is 0. The van der Waals surface area contributed by atoms with Crippen LogP contribution in [0, 0.1) is 0 Å². The standard InChI is InChI=1S/C63H44N2/c1-5-23-47(24-6-1)63(48-25-7-2-8-26-48)57-41-51(64(49-27-9-3-10-28-49)59-33-17-21-45-39-43-19-13-15-31-53(43)61(45)59)35-37-55(57)56-38-36-52(42-58(56)63)65(50-29-11-4-12-30-50)60-34-18-22-46-40-44-20-14-16-32-54(44)62(46)60/h1-38,41-42H,39-40H2. The number of hydrogen-bond acceptors (Lipinski definition) is 2. The van der Waals surface area contributed by atoms with Gasteiger partial charge in [-0.2, -0.15) is 0 Å². The number of para-hydroxylation sites is 2. The van der Waals surface area contributed by atoms with Gasteiger partial charge in [-0.3, -0.25) is 0 Å². The van der Waals surface area contributed by atoms with E-state index in [1.165, 1.54) is 89.3 Å². The van der Waals surface area contributed by atoms with Gasteiger partial charge in [0.05, 0.1) is 16.8 Å². The van der Waals surface area contributed by atoms with E-state index in [2.05, 4.69) is 252 Å². The third-order valence-electron chi connectivity index (χ3n) is 14.1. The van der Waals surface area contributed by atoms with E-state index in [1.54, 1.807) is 0 Å². The minimum absolute atomic E-state index is 0.638. The van der Waals surface area contributed by atoms with Crippen LogP contribution in [0.2, 0.25) is 0 Å². The zero-order valence-electron chi connectivity index (χ0n) is 35.9. The van der Waals surface area contributed by atoms with Crippen LogP contribution in [-0.2, 0) is 18.3 Å². The minimum Gasteiger partial charge on any atom is -0.310 e. The summed E-state index contributed by atoms with van der Waals surface area (Å²) in [4.78, 5) is 4.97. The molecule has 0 aromatic heterocycles. The van der Waals surface area contributed by atoms with Crippen LogP contribution in [-0.4, -0.2) is 0 Å².